The number of hydrogen-bond acceptors (Lipinski definition) is 3. The predicted molar refractivity (Wildman–Crippen MR) is 43.6 cm³/mol. The Labute approximate surface area is 67.4 Å². The molecule has 1 rings (SSSR count). The summed E-state index contributed by atoms with van der Waals surface area (Å²) in [4.78, 5) is 2.01. The minimum absolute atomic E-state index is 0.0602. The summed E-state index contributed by atoms with van der Waals surface area (Å²) in [6, 6.07) is 0.0602. The Bertz CT molecular complexity index is 237. The van der Waals surface area contributed by atoms with Crippen molar-refractivity contribution >= 4 is 10.0 Å². The van der Waals surface area contributed by atoms with E-state index in [1.54, 1.807) is 0 Å². The van der Waals surface area contributed by atoms with Crippen LogP contribution in [-0.4, -0.2) is 38.2 Å². The molecule has 2 N–H and O–H groups in total. The number of hydrogen-bond donors (Lipinski definition) is 1. The Morgan fingerprint density at radius 2 is 2.09 bits per heavy atom. The molecule has 0 aromatic carbocycles. The lowest BCUT2D eigenvalue weighted by Gasteiger charge is -2.18. The van der Waals surface area contributed by atoms with Gasteiger partial charge in [0.05, 0.1) is 5.25 Å². The Morgan fingerprint density at radius 1 is 1.55 bits per heavy atom. The summed E-state index contributed by atoms with van der Waals surface area (Å²) in [5.74, 6) is 0. The number of rotatable bonds is 1. The Morgan fingerprint density at radius 3 is 2.27 bits per heavy atom. The van der Waals surface area contributed by atoms with Crippen LogP contribution >= 0.6 is 0 Å². The number of nitrogens with zero attached hydrogens (tertiary/aromatic N) is 1. The largest absolute Gasteiger partial charge is 0.302 e. The normalized spacial score (nSPS) is 34.5. The molecule has 1 heterocycles. The van der Waals surface area contributed by atoms with E-state index in [-0.39, 0.29) is 11.3 Å². The second-order valence-corrected chi connectivity index (χ2v) is 4.92. The van der Waals surface area contributed by atoms with Crippen molar-refractivity contribution in [3.63, 3.8) is 0 Å². The van der Waals surface area contributed by atoms with Gasteiger partial charge in [-0.05, 0) is 26.9 Å². The Kier molecular flexibility index (Phi) is 2.22. The number of primary sulfonamides is 1. The summed E-state index contributed by atoms with van der Waals surface area (Å²) in [6.07, 6.45) is 0.663. The van der Waals surface area contributed by atoms with Gasteiger partial charge in [0.25, 0.3) is 0 Å². The van der Waals surface area contributed by atoms with Gasteiger partial charge in [0.15, 0.2) is 0 Å². The van der Waals surface area contributed by atoms with E-state index in [4.69, 9.17) is 5.14 Å². The molecule has 5 heteroatoms. The molecule has 2 atom stereocenters. The second kappa shape index (κ2) is 2.73. The summed E-state index contributed by atoms with van der Waals surface area (Å²) in [5.41, 5.74) is 0. The van der Waals surface area contributed by atoms with E-state index in [9.17, 15) is 8.42 Å². The molecule has 2 unspecified atom stereocenters. The molecule has 0 radical (unpaired) electrons. The lowest BCUT2D eigenvalue weighted by molar-refractivity contribution is 0.330. The smallest absolute Gasteiger partial charge is 0.213 e. The van der Waals surface area contributed by atoms with Gasteiger partial charge in [-0.2, -0.15) is 0 Å². The van der Waals surface area contributed by atoms with Gasteiger partial charge < -0.3 is 4.90 Å². The van der Waals surface area contributed by atoms with Gasteiger partial charge in [-0.3, -0.25) is 0 Å². The Hall–Kier alpha value is -0.130. The fourth-order valence-corrected chi connectivity index (χ4v) is 2.69. The first-order chi connectivity index (χ1) is 4.93. The number of sulfonamides is 1. The zero-order valence-corrected chi connectivity index (χ0v) is 7.63. The summed E-state index contributed by atoms with van der Waals surface area (Å²) in [7, 11) is -1.41. The zero-order chi connectivity index (χ0) is 8.65. The highest BCUT2D eigenvalue weighted by Crippen LogP contribution is 2.20. The van der Waals surface area contributed by atoms with Gasteiger partial charge in [0.1, 0.15) is 0 Å². The number of likely N-dealkylation sites (tertiary alicyclic amines) is 1. The summed E-state index contributed by atoms with van der Waals surface area (Å²) < 4.78 is 21.9. The van der Waals surface area contributed by atoms with Gasteiger partial charge >= 0.3 is 0 Å². The first kappa shape index (κ1) is 8.96. The van der Waals surface area contributed by atoms with Crippen LogP contribution in [0.25, 0.3) is 0 Å². The van der Waals surface area contributed by atoms with Crippen molar-refractivity contribution in [2.75, 3.05) is 13.6 Å². The molecule has 1 fully saturated rings. The maximum absolute atomic E-state index is 10.9. The summed E-state index contributed by atoms with van der Waals surface area (Å²) in [5, 5.41) is 4.67. The molecule has 0 aliphatic carbocycles. The van der Waals surface area contributed by atoms with E-state index in [0.717, 1.165) is 6.54 Å². The first-order valence-electron chi connectivity index (χ1n) is 3.65. The molecule has 1 saturated heterocycles. The molecule has 1 aliphatic heterocycles. The van der Waals surface area contributed by atoms with Crippen molar-refractivity contribution in [1.29, 1.82) is 0 Å². The first-order valence-corrected chi connectivity index (χ1v) is 5.25. The number of nitrogens with two attached hydrogens (primary N) is 1. The van der Waals surface area contributed by atoms with Crippen molar-refractivity contribution in [3.05, 3.63) is 0 Å². The van der Waals surface area contributed by atoms with Crippen LogP contribution in [0.15, 0.2) is 0 Å². The van der Waals surface area contributed by atoms with E-state index in [1.165, 1.54) is 0 Å². The van der Waals surface area contributed by atoms with Crippen molar-refractivity contribution in [2.24, 2.45) is 5.14 Å². The highest BCUT2D eigenvalue weighted by molar-refractivity contribution is 7.89. The maximum Gasteiger partial charge on any atom is 0.213 e. The van der Waals surface area contributed by atoms with E-state index in [2.05, 4.69) is 0 Å². The SMILES string of the molecule is CC1C(S(N)(=O)=O)CCN1C. The minimum atomic E-state index is -3.33. The molecular weight excluding hydrogens is 164 g/mol. The minimum Gasteiger partial charge on any atom is -0.302 e. The van der Waals surface area contributed by atoms with Gasteiger partial charge in [-0.15, -0.1) is 0 Å². The van der Waals surface area contributed by atoms with Crippen molar-refractivity contribution in [2.45, 2.75) is 24.6 Å². The van der Waals surface area contributed by atoms with Crippen LogP contribution in [0.5, 0.6) is 0 Å². The van der Waals surface area contributed by atoms with E-state index < -0.39 is 10.0 Å². The predicted octanol–water partition coefficient (Wildman–Crippen LogP) is -0.632. The average Bonchev–Trinajstić information content (AvgIpc) is 2.11. The van der Waals surface area contributed by atoms with Crippen LogP contribution in [-0.2, 0) is 10.0 Å². The van der Waals surface area contributed by atoms with Crippen LogP contribution in [0, 0.1) is 0 Å². The quantitative estimate of drug-likeness (QED) is 0.581. The van der Waals surface area contributed by atoms with Crippen molar-refractivity contribution in [3.8, 4) is 0 Å². The third kappa shape index (κ3) is 1.72. The molecule has 4 nitrogen and oxygen atoms in total. The molecule has 0 amide bonds. The standard InChI is InChI=1S/C6H14N2O2S/c1-5-6(11(7,9)10)3-4-8(5)2/h5-6H,3-4H2,1-2H3,(H2,7,9,10). The molecule has 1 aliphatic rings. The maximum atomic E-state index is 10.9. The highest BCUT2D eigenvalue weighted by Gasteiger charge is 2.35. The molecule has 0 aromatic rings. The molecule has 66 valence electrons. The van der Waals surface area contributed by atoms with Gasteiger partial charge in [-0.1, -0.05) is 0 Å². The second-order valence-electron chi connectivity index (χ2n) is 3.14. The third-order valence-corrected chi connectivity index (χ3v) is 3.90. The third-order valence-electron chi connectivity index (χ3n) is 2.42. The zero-order valence-electron chi connectivity index (χ0n) is 6.82. The highest BCUT2D eigenvalue weighted by atomic mass is 32.2. The topological polar surface area (TPSA) is 63.4 Å². The average molecular weight is 178 g/mol. The van der Waals surface area contributed by atoms with E-state index in [0.29, 0.717) is 6.42 Å². The Balaban J connectivity index is 2.78. The lowest BCUT2D eigenvalue weighted by Crippen LogP contribution is -2.37. The van der Waals surface area contributed by atoms with Crippen LogP contribution < -0.4 is 5.14 Å². The summed E-state index contributed by atoms with van der Waals surface area (Å²) in [6.45, 7) is 2.71. The molecule has 0 aromatic heterocycles. The molecule has 0 spiro atoms. The van der Waals surface area contributed by atoms with Crippen LogP contribution in [0.3, 0.4) is 0 Å². The van der Waals surface area contributed by atoms with Crippen LogP contribution in [0.4, 0.5) is 0 Å². The van der Waals surface area contributed by atoms with Crippen LogP contribution in [0.1, 0.15) is 13.3 Å². The van der Waals surface area contributed by atoms with Gasteiger partial charge in [0.2, 0.25) is 10.0 Å². The van der Waals surface area contributed by atoms with E-state index in [1.807, 2.05) is 18.9 Å². The van der Waals surface area contributed by atoms with Gasteiger partial charge in [0, 0.05) is 6.04 Å². The monoisotopic (exact) mass is 178 g/mol. The molecule has 11 heavy (non-hydrogen) atoms. The molecule has 0 bridgehead atoms. The van der Waals surface area contributed by atoms with Crippen molar-refractivity contribution < 1.29 is 8.42 Å². The molecular formula is C6H14N2O2S. The van der Waals surface area contributed by atoms with Crippen molar-refractivity contribution in [1.82, 2.24) is 4.90 Å². The van der Waals surface area contributed by atoms with E-state index >= 15 is 0 Å². The van der Waals surface area contributed by atoms with Gasteiger partial charge in [-0.25, -0.2) is 13.6 Å². The fourth-order valence-electron chi connectivity index (χ4n) is 1.50. The molecule has 0 saturated carbocycles. The fraction of sp³-hybridized carbons (Fsp3) is 1.00. The lowest BCUT2D eigenvalue weighted by atomic mass is 10.2. The van der Waals surface area contributed by atoms with Crippen LogP contribution in [0.2, 0.25) is 0 Å². The summed E-state index contributed by atoms with van der Waals surface area (Å²) >= 11 is 0.